The third-order valence-electron chi connectivity index (χ3n) is 2.25. The summed E-state index contributed by atoms with van der Waals surface area (Å²) in [5.74, 6) is -1.42. The van der Waals surface area contributed by atoms with E-state index in [1.807, 2.05) is 30.3 Å². The second kappa shape index (κ2) is 6.48. The normalized spacial score (nSPS) is 12.3. The van der Waals surface area contributed by atoms with Crippen LogP contribution in [0.4, 0.5) is 0 Å². The van der Waals surface area contributed by atoms with Crippen LogP contribution in [0.3, 0.4) is 0 Å². The van der Waals surface area contributed by atoms with Gasteiger partial charge in [-0.1, -0.05) is 37.3 Å². The molecule has 0 spiro atoms. The SMILES string of the molecule is CCC(NC(=O)/C=C/c1ccccc1)C(=O)O. The first kappa shape index (κ1) is 13.0. The first-order chi connectivity index (χ1) is 8.13. The molecule has 0 radical (unpaired) electrons. The maximum absolute atomic E-state index is 11.4. The molecule has 0 bridgehead atoms. The quantitative estimate of drug-likeness (QED) is 0.760. The highest BCUT2D eigenvalue weighted by molar-refractivity contribution is 5.94. The van der Waals surface area contributed by atoms with Crippen LogP contribution in [0.15, 0.2) is 36.4 Å². The van der Waals surface area contributed by atoms with Crippen molar-refractivity contribution in [2.24, 2.45) is 0 Å². The van der Waals surface area contributed by atoms with Crippen molar-refractivity contribution in [2.45, 2.75) is 19.4 Å². The number of aliphatic carboxylic acids is 1. The molecule has 4 heteroatoms. The molecule has 2 N–H and O–H groups in total. The smallest absolute Gasteiger partial charge is 0.326 e. The highest BCUT2D eigenvalue weighted by Crippen LogP contribution is 2.00. The van der Waals surface area contributed by atoms with Crippen molar-refractivity contribution in [1.82, 2.24) is 5.32 Å². The van der Waals surface area contributed by atoms with Crippen LogP contribution in [0.5, 0.6) is 0 Å². The van der Waals surface area contributed by atoms with E-state index in [9.17, 15) is 9.59 Å². The van der Waals surface area contributed by atoms with Gasteiger partial charge in [0.15, 0.2) is 0 Å². The molecule has 0 aliphatic heterocycles. The topological polar surface area (TPSA) is 66.4 Å². The van der Waals surface area contributed by atoms with E-state index in [1.54, 1.807) is 13.0 Å². The van der Waals surface area contributed by atoms with E-state index in [0.29, 0.717) is 6.42 Å². The predicted octanol–water partition coefficient (Wildman–Crippen LogP) is 1.68. The number of amides is 1. The Bertz CT molecular complexity index is 412. The molecule has 0 saturated carbocycles. The first-order valence-electron chi connectivity index (χ1n) is 5.40. The standard InChI is InChI=1S/C13H15NO3/c1-2-11(13(16)17)14-12(15)9-8-10-6-4-3-5-7-10/h3-9,11H,2H2,1H3,(H,14,15)(H,16,17)/b9-8+. The monoisotopic (exact) mass is 233 g/mol. The average Bonchev–Trinajstić information content (AvgIpc) is 2.34. The second-order valence-corrected chi connectivity index (χ2v) is 3.55. The molecular formula is C13H15NO3. The Labute approximate surface area is 100.0 Å². The number of hydrogen-bond donors (Lipinski definition) is 2. The molecule has 17 heavy (non-hydrogen) atoms. The Kier molecular flexibility index (Phi) is 4.94. The summed E-state index contributed by atoms with van der Waals surface area (Å²) < 4.78 is 0. The van der Waals surface area contributed by atoms with Gasteiger partial charge in [-0.3, -0.25) is 4.79 Å². The zero-order valence-electron chi connectivity index (χ0n) is 9.59. The van der Waals surface area contributed by atoms with E-state index >= 15 is 0 Å². The molecular weight excluding hydrogens is 218 g/mol. The molecule has 0 aliphatic rings. The summed E-state index contributed by atoms with van der Waals surface area (Å²) in [6.45, 7) is 1.71. The van der Waals surface area contributed by atoms with Crippen LogP contribution < -0.4 is 5.32 Å². The maximum Gasteiger partial charge on any atom is 0.326 e. The van der Waals surface area contributed by atoms with Crippen LogP contribution in [-0.2, 0) is 9.59 Å². The molecule has 90 valence electrons. The second-order valence-electron chi connectivity index (χ2n) is 3.55. The van der Waals surface area contributed by atoms with Gasteiger partial charge in [0.05, 0.1) is 0 Å². The summed E-state index contributed by atoms with van der Waals surface area (Å²) in [6, 6.07) is 8.50. The number of carbonyl (C=O) groups excluding carboxylic acids is 1. The van der Waals surface area contributed by atoms with Crippen LogP contribution in [-0.4, -0.2) is 23.0 Å². The minimum absolute atomic E-state index is 0.361. The number of rotatable bonds is 5. The molecule has 4 nitrogen and oxygen atoms in total. The molecule has 0 aliphatic carbocycles. The van der Waals surface area contributed by atoms with Crippen LogP contribution in [0.25, 0.3) is 6.08 Å². The van der Waals surface area contributed by atoms with Gasteiger partial charge < -0.3 is 10.4 Å². The van der Waals surface area contributed by atoms with E-state index < -0.39 is 17.9 Å². The van der Waals surface area contributed by atoms with Gasteiger partial charge in [0, 0.05) is 6.08 Å². The Balaban J connectivity index is 2.55. The molecule has 1 atom stereocenters. The molecule has 1 rings (SSSR count). The molecule has 0 saturated heterocycles. The molecule has 1 unspecified atom stereocenters. The van der Waals surface area contributed by atoms with Crippen LogP contribution in [0, 0.1) is 0 Å². The molecule has 0 fully saturated rings. The fourth-order valence-corrected chi connectivity index (χ4v) is 1.29. The van der Waals surface area contributed by atoms with Crippen molar-refractivity contribution >= 4 is 18.0 Å². The lowest BCUT2D eigenvalue weighted by molar-refractivity contribution is -0.141. The zero-order valence-corrected chi connectivity index (χ0v) is 9.59. The number of benzene rings is 1. The molecule has 0 aromatic heterocycles. The van der Waals surface area contributed by atoms with Crippen molar-refractivity contribution < 1.29 is 14.7 Å². The van der Waals surface area contributed by atoms with Gasteiger partial charge in [0.1, 0.15) is 6.04 Å². The van der Waals surface area contributed by atoms with E-state index in [1.165, 1.54) is 6.08 Å². The Morgan fingerprint density at radius 3 is 2.53 bits per heavy atom. The average molecular weight is 233 g/mol. The Morgan fingerprint density at radius 1 is 1.35 bits per heavy atom. The highest BCUT2D eigenvalue weighted by atomic mass is 16.4. The third-order valence-corrected chi connectivity index (χ3v) is 2.25. The minimum atomic E-state index is -1.02. The third kappa shape index (κ3) is 4.51. The van der Waals surface area contributed by atoms with Crippen LogP contribution in [0.2, 0.25) is 0 Å². The lowest BCUT2D eigenvalue weighted by atomic mass is 10.2. The van der Waals surface area contributed by atoms with Gasteiger partial charge >= 0.3 is 5.97 Å². The van der Waals surface area contributed by atoms with Gasteiger partial charge in [0.2, 0.25) is 5.91 Å². The van der Waals surface area contributed by atoms with E-state index in [4.69, 9.17) is 5.11 Å². The van der Waals surface area contributed by atoms with Crippen molar-refractivity contribution in [1.29, 1.82) is 0 Å². The number of carboxylic acid groups (broad SMARTS) is 1. The summed E-state index contributed by atoms with van der Waals surface area (Å²) in [7, 11) is 0. The van der Waals surface area contributed by atoms with Gasteiger partial charge in [-0.05, 0) is 18.1 Å². The fourth-order valence-electron chi connectivity index (χ4n) is 1.29. The lowest BCUT2D eigenvalue weighted by Gasteiger charge is -2.09. The van der Waals surface area contributed by atoms with Crippen LogP contribution in [0.1, 0.15) is 18.9 Å². The van der Waals surface area contributed by atoms with Gasteiger partial charge in [-0.25, -0.2) is 4.79 Å². The van der Waals surface area contributed by atoms with Crippen LogP contribution >= 0.6 is 0 Å². The summed E-state index contributed by atoms with van der Waals surface area (Å²) in [4.78, 5) is 22.1. The Hall–Kier alpha value is -2.10. The molecule has 0 heterocycles. The Morgan fingerprint density at radius 2 is 2.00 bits per heavy atom. The summed E-state index contributed by atoms with van der Waals surface area (Å²) in [6.07, 6.45) is 3.34. The zero-order chi connectivity index (χ0) is 12.7. The van der Waals surface area contributed by atoms with E-state index in [0.717, 1.165) is 5.56 Å². The summed E-state index contributed by atoms with van der Waals surface area (Å²) in [5.41, 5.74) is 0.894. The van der Waals surface area contributed by atoms with Crippen molar-refractivity contribution in [2.75, 3.05) is 0 Å². The van der Waals surface area contributed by atoms with Gasteiger partial charge in [0.25, 0.3) is 0 Å². The number of nitrogens with one attached hydrogen (secondary N) is 1. The van der Waals surface area contributed by atoms with Gasteiger partial charge in [-0.2, -0.15) is 0 Å². The lowest BCUT2D eigenvalue weighted by Crippen LogP contribution is -2.39. The number of carbonyl (C=O) groups is 2. The number of hydrogen-bond acceptors (Lipinski definition) is 2. The summed E-state index contributed by atoms with van der Waals surface area (Å²) in [5, 5.41) is 11.2. The molecule has 1 amide bonds. The minimum Gasteiger partial charge on any atom is -0.480 e. The summed E-state index contributed by atoms with van der Waals surface area (Å²) >= 11 is 0. The van der Waals surface area contributed by atoms with Gasteiger partial charge in [-0.15, -0.1) is 0 Å². The highest BCUT2D eigenvalue weighted by Gasteiger charge is 2.15. The first-order valence-corrected chi connectivity index (χ1v) is 5.40. The van der Waals surface area contributed by atoms with E-state index in [2.05, 4.69) is 5.32 Å². The van der Waals surface area contributed by atoms with Crippen molar-refractivity contribution in [3.05, 3.63) is 42.0 Å². The largest absolute Gasteiger partial charge is 0.480 e. The van der Waals surface area contributed by atoms with Crippen molar-refractivity contribution in [3.63, 3.8) is 0 Å². The maximum atomic E-state index is 11.4. The predicted molar refractivity (Wildman–Crippen MR) is 65.3 cm³/mol. The molecule has 1 aromatic carbocycles. The van der Waals surface area contributed by atoms with Crippen molar-refractivity contribution in [3.8, 4) is 0 Å². The fraction of sp³-hybridized carbons (Fsp3) is 0.231. The van der Waals surface area contributed by atoms with E-state index in [-0.39, 0.29) is 0 Å². The number of carboxylic acids is 1. The molecule has 1 aromatic rings.